The van der Waals surface area contributed by atoms with Crippen LogP contribution in [0.5, 0.6) is 0 Å². The fraction of sp³-hybridized carbons (Fsp3) is 0.500. The predicted molar refractivity (Wildman–Crippen MR) is 113 cm³/mol. The number of ether oxygens (including phenoxy) is 4. The van der Waals surface area contributed by atoms with E-state index in [1.54, 1.807) is 0 Å². The number of hydrogen-bond acceptors (Lipinski definition) is 5. The molecule has 0 aromatic heterocycles. The van der Waals surface area contributed by atoms with Crippen LogP contribution < -0.4 is 0 Å². The summed E-state index contributed by atoms with van der Waals surface area (Å²) in [5.74, 6) is 0. The fourth-order valence-electron chi connectivity index (χ4n) is 3.07. The molecular formula is C24H34O5. The molecule has 0 bridgehead atoms. The third-order valence-electron chi connectivity index (χ3n) is 4.53. The highest BCUT2D eigenvalue weighted by molar-refractivity contribution is 5.14. The monoisotopic (exact) mass is 402 g/mol. The maximum absolute atomic E-state index is 9.32. The van der Waals surface area contributed by atoms with Crippen LogP contribution in [0.15, 0.2) is 60.7 Å². The number of aliphatic hydroxyl groups is 1. The van der Waals surface area contributed by atoms with Crippen molar-refractivity contribution in [1.29, 1.82) is 0 Å². The topological polar surface area (TPSA) is 57.2 Å². The van der Waals surface area contributed by atoms with Gasteiger partial charge in [-0.15, -0.1) is 0 Å². The summed E-state index contributed by atoms with van der Waals surface area (Å²) in [6, 6.07) is 20.1. The van der Waals surface area contributed by atoms with Gasteiger partial charge in [0.1, 0.15) is 6.10 Å². The highest BCUT2D eigenvalue weighted by Crippen LogP contribution is 2.17. The SMILES string of the molecule is CCOC(C)O[C@H](COCc1ccccc1)[C@H](CCCO)OCc1ccccc1. The molecule has 0 aliphatic carbocycles. The summed E-state index contributed by atoms with van der Waals surface area (Å²) in [6.07, 6.45) is 0.460. The van der Waals surface area contributed by atoms with Crippen LogP contribution >= 0.6 is 0 Å². The lowest BCUT2D eigenvalue weighted by Crippen LogP contribution is -2.38. The van der Waals surface area contributed by atoms with E-state index in [4.69, 9.17) is 18.9 Å². The Bertz CT molecular complexity index is 634. The van der Waals surface area contributed by atoms with Gasteiger partial charge in [0, 0.05) is 13.2 Å². The molecule has 0 amide bonds. The minimum atomic E-state index is -0.359. The summed E-state index contributed by atoms with van der Waals surface area (Å²) >= 11 is 0. The van der Waals surface area contributed by atoms with Crippen molar-refractivity contribution < 1.29 is 24.1 Å². The standard InChI is InChI=1S/C24H34O5/c1-3-27-20(2)29-24(19-26-17-21-11-6-4-7-12-21)23(15-10-16-25)28-18-22-13-8-5-9-14-22/h4-9,11-14,20,23-25H,3,10,15-19H2,1-2H3/t20?,23-,24+/m0/s1. The van der Waals surface area contributed by atoms with Crippen molar-refractivity contribution in [3.8, 4) is 0 Å². The summed E-state index contributed by atoms with van der Waals surface area (Å²) in [5, 5.41) is 9.32. The normalized spacial score (nSPS) is 14.4. The third kappa shape index (κ3) is 9.52. The van der Waals surface area contributed by atoms with Crippen molar-refractivity contribution in [3.05, 3.63) is 71.8 Å². The first-order valence-corrected chi connectivity index (χ1v) is 10.4. The van der Waals surface area contributed by atoms with Gasteiger partial charge in [-0.1, -0.05) is 60.7 Å². The van der Waals surface area contributed by atoms with Crippen LogP contribution in [0.25, 0.3) is 0 Å². The lowest BCUT2D eigenvalue weighted by molar-refractivity contribution is -0.205. The first-order chi connectivity index (χ1) is 14.2. The van der Waals surface area contributed by atoms with E-state index < -0.39 is 0 Å². The predicted octanol–water partition coefficient (Wildman–Crippen LogP) is 4.33. The molecule has 2 aromatic carbocycles. The van der Waals surface area contributed by atoms with Crippen molar-refractivity contribution in [2.45, 2.75) is 58.4 Å². The molecule has 5 heteroatoms. The molecule has 1 N–H and O–H groups in total. The molecule has 0 spiro atoms. The molecule has 1 unspecified atom stereocenters. The molecule has 0 saturated heterocycles. The van der Waals surface area contributed by atoms with Gasteiger partial charge in [0.15, 0.2) is 6.29 Å². The van der Waals surface area contributed by atoms with Gasteiger partial charge in [0.05, 0.1) is 25.9 Å². The highest BCUT2D eigenvalue weighted by atomic mass is 16.7. The van der Waals surface area contributed by atoms with Crippen molar-refractivity contribution in [3.63, 3.8) is 0 Å². The van der Waals surface area contributed by atoms with E-state index >= 15 is 0 Å². The van der Waals surface area contributed by atoms with E-state index in [1.807, 2.05) is 74.5 Å². The van der Waals surface area contributed by atoms with E-state index in [-0.39, 0.29) is 25.1 Å². The van der Waals surface area contributed by atoms with Crippen LogP contribution in [0.3, 0.4) is 0 Å². The fourth-order valence-corrected chi connectivity index (χ4v) is 3.07. The Labute approximate surface area is 174 Å². The van der Waals surface area contributed by atoms with Crippen molar-refractivity contribution in [2.75, 3.05) is 19.8 Å². The smallest absolute Gasteiger partial charge is 0.155 e. The maximum Gasteiger partial charge on any atom is 0.155 e. The summed E-state index contributed by atoms with van der Waals surface area (Å²) in [4.78, 5) is 0. The minimum Gasteiger partial charge on any atom is -0.396 e. The average molecular weight is 403 g/mol. The molecule has 2 rings (SSSR count). The van der Waals surface area contributed by atoms with Gasteiger partial charge in [-0.2, -0.15) is 0 Å². The first-order valence-electron chi connectivity index (χ1n) is 10.4. The summed E-state index contributed by atoms with van der Waals surface area (Å²) in [5.41, 5.74) is 2.21. The van der Waals surface area contributed by atoms with Crippen molar-refractivity contribution >= 4 is 0 Å². The van der Waals surface area contributed by atoms with Crippen molar-refractivity contribution in [1.82, 2.24) is 0 Å². The number of aliphatic hydroxyl groups excluding tert-OH is 1. The molecule has 0 fully saturated rings. The molecule has 0 radical (unpaired) electrons. The van der Waals surface area contributed by atoms with Gasteiger partial charge in [0.2, 0.25) is 0 Å². The van der Waals surface area contributed by atoms with Gasteiger partial charge in [-0.3, -0.25) is 0 Å². The van der Waals surface area contributed by atoms with Crippen LogP contribution in [0, 0.1) is 0 Å². The van der Waals surface area contributed by atoms with Crippen LogP contribution in [0.2, 0.25) is 0 Å². The zero-order valence-electron chi connectivity index (χ0n) is 17.5. The van der Waals surface area contributed by atoms with E-state index in [0.717, 1.165) is 11.1 Å². The molecule has 2 aromatic rings. The van der Waals surface area contributed by atoms with Gasteiger partial charge in [-0.25, -0.2) is 0 Å². The average Bonchev–Trinajstić information content (AvgIpc) is 2.75. The Balaban J connectivity index is 2.00. The molecule has 5 nitrogen and oxygen atoms in total. The molecule has 0 heterocycles. The minimum absolute atomic E-state index is 0.115. The van der Waals surface area contributed by atoms with E-state index in [1.165, 1.54) is 0 Å². The second-order valence-electron chi connectivity index (χ2n) is 6.90. The van der Waals surface area contributed by atoms with Gasteiger partial charge in [0.25, 0.3) is 0 Å². The molecule has 29 heavy (non-hydrogen) atoms. The lowest BCUT2D eigenvalue weighted by Gasteiger charge is -2.30. The number of benzene rings is 2. The largest absolute Gasteiger partial charge is 0.396 e. The first kappa shape index (κ1) is 23.5. The summed E-state index contributed by atoms with van der Waals surface area (Å²) in [7, 11) is 0. The number of rotatable bonds is 15. The van der Waals surface area contributed by atoms with Gasteiger partial charge >= 0.3 is 0 Å². The Morgan fingerprint density at radius 2 is 1.45 bits per heavy atom. The quantitative estimate of drug-likeness (QED) is 0.450. The second-order valence-corrected chi connectivity index (χ2v) is 6.90. The van der Waals surface area contributed by atoms with Gasteiger partial charge < -0.3 is 24.1 Å². The summed E-state index contributed by atoms with van der Waals surface area (Å²) in [6.45, 7) is 5.89. The van der Waals surface area contributed by atoms with E-state index in [2.05, 4.69) is 0 Å². The molecule has 0 aliphatic heterocycles. The van der Waals surface area contributed by atoms with Crippen LogP contribution in [0.4, 0.5) is 0 Å². The Morgan fingerprint density at radius 1 is 0.828 bits per heavy atom. The number of hydrogen-bond donors (Lipinski definition) is 1. The van der Waals surface area contributed by atoms with Crippen molar-refractivity contribution in [2.24, 2.45) is 0 Å². The lowest BCUT2D eigenvalue weighted by atomic mass is 10.1. The summed E-state index contributed by atoms with van der Waals surface area (Å²) < 4.78 is 23.8. The molecule has 160 valence electrons. The Hall–Kier alpha value is -1.76. The molecule has 3 atom stereocenters. The van der Waals surface area contributed by atoms with Crippen LogP contribution in [-0.2, 0) is 32.2 Å². The zero-order valence-corrected chi connectivity index (χ0v) is 17.5. The van der Waals surface area contributed by atoms with E-state index in [9.17, 15) is 5.11 Å². The molecule has 0 aliphatic rings. The van der Waals surface area contributed by atoms with Crippen LogP contribution in [-0.4, -0.2) is 43.4 Å². The van der Waals surface area contributed by atoms with E-state index in [0.29, 0.717) is 39.3 Å². The maximum atomic E-state index is 9.32. The Kier molecular flexibility index (Phi) is 11.6. The Morgan fingerprint density at radius 3 is 2.03 bits per heavy atom. The third-order valence-corrected chi connectivity index (χ3v) is 4.53. The van der Waals surface area contributed by atoms with Gasteiger partial charge in [-0.05, 0) is 37.8 Å². The van der Waals surface area contributed by atoms with Crippen LogP contribution in [0.1, 0.15) is 37.8 Å². The highest BCUT2D eigenvalue weighted by Gasteiger charge is 2.25. The second kappa shape index (κ2) is 14.3. The molecular weight excluding hydrogens is 368 g/mol. The zero-order chi connectivity index (χ0) is 20.7. The molecule has 0 saturated carbocycles.